The summed E-state index contributed by atoms with van der Waals surface area (Å²) in [5.74, 6) is 1.60. The third-order valence-electron chi connectivity index (χ3n) is 5.62. The Labute approximate surface area is 166 Å². The van der Waals surface area contributed by atoms with Crippen LogP contribution in [0.3, 0.4) is 0 Å². The molecule has 1 amide bonds. The second-order valence-corrected chi connectivity index (χ2v) is 7.87. The summed E-state index contributed by atoms with van der Waals surface area (Å²) in [6.07, 6.45) is 0. The Morgan fingerprint density at radius 3 is 2.32 bits per heavy atom. The SMILES string of the molecule is Cc1cc(N2CCN(C(=O)c3ccc(C(C)C)cc3)CC2)nc2ccccc12. The summed E-state index contributed by atoms with van der Waals surface area (Å²) >= 11 is 0. The highest BCUT2D eigenvalue weighted by Crippen LogP contribution is 2.23. The largest absolute Gasteiger partial charge is 0.353 e. The first-order valence-corrected chi connectivity index (χ1v) is 10.0. The van der Waals surface area contributed by atoms with Gasteiger partial charge >= 0.3 is 0 Å². The maximum Gasteiger partial charge on any atom is 0.253 e. The Bertz CT molecular complexity index is 986. The highest BCUT2D eigenvalue weighted by molar-refractivity contribution is 5.94. The van der Waals surface area contributed by atoms with Gasteiger partial charge in [0.25, 0.3) is 5.91 Å². The zero-order valence-electron chi connectivity index (χ0n) is 16.9. The predicted molar refractivity (Wildman–Crippen MR) is 115 cm³/mol. The number of para-hydroxylation sites is 1. The number of aryl methyl sites for hydroxylation is 1. The molecule has 2 heterocycles. The van der Waals surface area contributed by atoms with E-state index in [9.17, 15) is 4.79 Å². The predicted octanol–water partition coefficient (Wildman–Crippen LogP) is 4.63. The first-order chi connectivity index (χ1) is 13.5. The van der Waals surface area contributed by atoms with Gasteiger partial charge in [-0.05, 0) is 48.2 Å². The van der Waals surface area contributed by atoms with Crippen LogP contribution in [0.1, 0.15) is 41.3 Å². The van der Waals surface area contributed by atoms with Gasteiger partial charge in [0, 0.05) is 37.1 Å². The Morgan fingerprint density at radius 2 is 1.64 bits per heavy atom. The van der Waals surface area contributed by atoms with Gasteiger partial charge in [-0.15, -0.1) is 0 Å². The normalized spacial score (nSPS) is 14.7. The summed E-state index contributed by atoms with van der Waals surface area (Å²) in [7, 11) is 0. The molecule has 3 aromatic rings. The summed E-state index contributed by atoms with van der Waals surface area (Å²) in [6, 6.07) is 18.5. The van der Waals surface area contributed by atoms with Crippen molar-refractivity contribution < 1.29 is 4.79 Å². The van der Waals surface area contributed by atoms with E-state index in [4.69, 9.17) is 4.98 Å². The third-order valence-corrected chi connectivity index (χ3v) is 5.62. The zero-order chi connectivity index (χ0) is 19.7. The molecule has 28 heavy (non-hydrogen) atoms. The lowest BCUT2D eigenvalue weighted by Crippen LogP contribution is -2.49. The molecule has 0 atom stereocenters. The quantitative estimate of drug-likeness (QED) is 0.672. The van der Waals surface area contributed by atoms with Crippen LogP contribution < -0.4 is 4.90 Å². The number of hydrogen-bond donors (Lipinski definition) is 0. The van der Waals surface area contributed by atoms with Gasteiger partial charge in [-0.2, -0.15) is 0 Å². The average molecular weight is 374 g/mol. The van der Waals surface area contributed by atoms with Gasteiger partial charge in [-0.25, -0.2) is 4.98 Å². The molecule has 4 heteroatoms. The van der Waals surface area contributed by atoms with Crippen molar-refractivity contribution in [2.45, 2.75) is 26.7 Å². The Kier molecular flexibility index (Phi) is 5.03. The Morgan fingerprint density at radius 1 is 0.964 bits per heavy atom. The number of carbonyl (C=O) groups is 1. The lowest BCUT2D eigenvalue weighted by Gasteiger charge is -2.35. The summed E-state index contributed by atoms with van der Waals surface area (Å²) in [6.45, 7) is 9.52. The van der Waals surface area contributed by atoms with Crippen molar-refractivity contribution in [3.05, 3.63) is 71.3 Å². The van der Waals surface area contributed by atoms with Crippen LogP contribution in [0.4, 0.5) is 5.82 Å². The van der Waals surface area contributed by atoms with Crippen molar-refractivity contribution in [3.8, 4) is 0 Å². The van der Waals surface area contributed by atoms with E-state index in [1.807, 2.05) is 23.1 Å². The molecule has 1 aliphatic rings. The van der Waals surface area contributed by atoms with Crippen LogP contribution in [0.5, 0.6) is 0 Å². The standard InChI is InChI=1S/C24H27N3O/c1-17(2)19-8-10-20(11-9-19)24(28)27-14-12-26(13-15-27)23-16-18(3)21-6-4-5-7-22(21)25-23/h4-11,16-17H,12-15H2,1-3H3. The van der Waals surface area contributed by atoms with E-state index >= 15 is 0 Å². The van der Waals surface area contributed by atoms with Gasteiger partial charge in [-0.3, -0.25) is 4.79 Å². The van der Waals surface area contributed by atoms with Crippen LogP contribution in [0, 0.1) is 6.92 Å². The number of carbonyl (C=O) groups excluding carboxylic acids is 1. The van der Waals surface area contributed by atoms with Crippen LogP contribution in [0.25, 0.3) is 10.9 Å². The minimum Gasteiger partial charge on any atom is -0.353 e. The number of anilines is 1. The molecule has 0 radical (unpaired) electrons. The Hall–Kier alpha value is -2.88. The van der Waals surface area contributed by atoms with Crippen molar-refractivity contribution >= 4 is 22.6 Å². The molecule has 144 valence electrons. The molecule has 2 aromatic carbocycles. The molecule has 0 N–H and O–H groups in total. The molecule has 0 unspecified atom stereocenters. The fourth-order valence-electron chi connectivity index (χ4n) is 3.83. The number of aromatic nitrogens is 1. The summed E-state index contributed by atoms with van der Waals surface area (Å²) in [4.78, 5) is 21.9. The number of amides is 1. The van der Waals surface area contributed by atoms with Crippen LogP contribution >= 0.6 is 0 Å². The van der Waals surface area contributed by atoms with E-state index in [0.717, 1.165) is 43.1 Å². The number of pyridine rings is 1. The molecule has 1 aliphatic heterocycles. The lowest BCUT2D eigenvalue weighted by molar-refractivity contribution is 0.0746. The van der Waals surface area contributed by atoms with E-state index in [0.29, 0.717) is 5.92 Å². The van der Waals surface area contributed by atoms with Gasteiger partial charge in [0.05, 0.1) is 5.52 Å². The molecular weight excluding hydrogens is 346 g/mol. The maximum absolute atomic E-state index is 12.8. The van der Waals surface area contributed by atoms with E-state index in [2.05, 4.69) is 62.1 Å². The van der Waals surface area contributed by atoms with Crippen LogP contribution in [-0.2, 0) is 0 Å². The molecular formula is C24H27N3O. The average Bonchev–Trinajstić information content (AvgIpc) is 2.73. The molecule has 0 spiro atoms. The minimum atomic E-state index is 0.123. The first kappa shape index (κ1) is 18.5. The van der Waals surface area contributed by atoms with Crippen molar-refractivity contribution in [1.29, 1.82) is 0 Å². The fraction of sp³-hybridized carbons (Fsp3) is 0.333. The van der Waals surface area contributed by atoms with Crippen molar-refractivity contribution in [2.75, 3.05) is 31.1 Å². The number of hydrogen-bond acceptors (Lipinski definition) is 3. The maximum atomic E-state index is 12.8. The first-order valence-electron chi connectivity index (χ1n) is 10.0. The lowest BCUT2D eigenvalue weighted by atomic mass is 10.0. The van der Waals surface area contributed by atoms with Crippen LogP contribution in [-0.4, -0.2) is 42.0 Å². The second-order valence-electron chi connectivity index (χ2n) is 7.87. The van der Waals surface area contributed by atoms with Gasteiger partial charge in [0.1, 0.15) is 5.82 Å². The van der Waals surface area contributed by atoms with Gasteiger partial charge in [0.15, 0.2) is 0 Å². The highest BCUT2D eigenvalue weighted by atomic mass is 16.2. The number of benzene rings is 2. The molecule has 0 saturated carbocycles. The zero-order valence-corrected chi connectivity index (χ0v) is 16.9. The van der Waals surface area contributed by atoms with Crippen molar-refractivity contribution in [3.63, 3.8) is 0 Å². The monoisotopic (exact) mass is 373 g/mol. The molecule has 1 saturated heterocycles. The number of nitrogens with zero attached hydrogens (tertiary/aromatic N) is 3. The molecule has 4 nitrogen and oxygen atoms in total. The molecule has 0 bridgehead atoms. The van der Waals surface area contributed by atoms with Crippen LogP contribution in [0.2, 0.25) is 0 Å². The van der Waals surface area contributed by atoms with Gasteiger partial charge in [-0.1, -0.05) is 44.2 Å². The van der Waals surface area contributed by atoms with E-state index in [1.165, 1.54) is 16.5 Å². The minimum absolute atomic E-state index is 0.123. The van der Waals surface area contributed by atoms with Gasteiger partial charge < -0.3 is 9.80 Å². The number of piperazine rings is 1. The van der Waals surface area contributed by atoms with E-state index in [1.54, 1.807) is 0 Å². The summed E-state index contributed by atoms with van der Waals surface area (Å²) in [5, 5.41) is 1.20. The third kappa shape index (κ3) is 3.59. The van der Waals surface area contributed by atoms with E-state index in [-0.39, 0.29) is 5.91 Å². The summed E-state index contributed by atoms with van der Waals surface area (Å²) < 4.78 is 0. The Balaban J connectivity index is 1.45. The molecule has 1 fully saturated rings. The van der Waals surface area contributed by atoms with Crippen molar-refractivity contribution in [1.82, 2.24) is 9.88 Å². The fourth-order valence-corrected chi connectivity index (χ4v) is 3.83. The smallest absolute Gasteiger partial charge is 0.253 e. The highest BCUT2D eigenvalue weighted by Gasteiger charge is 2.23. The summed E-state index contributed by atoms with van der Waals surface area (Å²) in [5.41, 5.74) is 4.31. The number of rotatable bonds is 3. The van der Waals surface area contributed by atoms with Crippen molar-refractivity contribution in [2.24, 2.45) is 0 Å². The second kappa shape index (κ2) is 7.63. The topological polar surface area (TPSA) is 36.4 Å². The van der Waals surface area contributed by atoms with E-state index < -0.39 is 0 Å². The molecule has 0 aliphatic carbocycles. The molecule has 1 aromatic heterocycles. The molecule has 4 rings (SSSR count). The van der Waals surface area contributed by atoms with Gasteiger partial charge in [0.2, 0.25) is 0 Å². The van der Waals surface area contributed by atoms with Crippen LogP contribution in [0.15, 0.2) is 54.6 Å². The number of fused-ring (bicyclic) bond motifs is 1.